The Balaban J connectivity index is 0.000000112. The van der Waals surface area contributed by atoms with E-state index in [1.165, 1.54) is 34.0 Å². The van der Waals surface area contributed by atoms with Gasteiger partial charge in [-0.3, -0.25) is 0 Å². The van der Waals surface area contributed by atoms with E-state index in [0.717, 1.165) is 69.4 Å². The van der Waals surface area contributed by atoms with Crippen LogP contribution in [-0.4, -0.2) is 21.1 Å². The topological polar surface area (TPSA) is 64.6 Å². The minimum absolute atomic E-state index is 0. The van der Waals surface area contributed by atoms with E-state index in [-0.39, 0.29) is 46.4 Å². The summed E-state index contributed by atoms with van der Waals surface area (Å²) in [5.74, 6) is 2.91. The molecule has 0 N–H and O–H groups in total. The summed E-state index contributed by atoms with van der Waals surface area (Å²) in [6.45, 7) is 6.23. The molecule has 0 fully saturated rings. The van der Waals surface area contributed by atoms with Gasteiger partial charge in [0.2, 0.25) is 0 Å². The molecule has 12 aromatic rings. The number of rotatable bonds is 7. The quantitative estimate of drug-likeness (QED) is 0.143. The van der Waals surface area contributed by atoms with Crippen LogP contribution in [0.25, 0.3) is 0 Å². The summed E-state index contributed by atoms with van der Waals surface area (Å²) in [4.78, 5) is 31.3. The average molecular weight is 1480 g/mol. The van der Waals surface area contributed by atoms with Crippen LogP contribution in [0.2, 0.25) is 0 Å². The standard InChI is InChI=1S/C19H15N3.C19H14N2.2C18H13N3.2Ir/c1-2-8-15(9-3-1)21-17-11-6-12-20-19(17)22-16-10-5-4-7-14(16)13-18(21)22;1-3-9-16(10-4-1)20-15-21(17-11-5-2-6-12-17)19-14-8-7-13-18(19)20;2*1-3-8-15(9-4-1)20-14-21(16-10-5-2-6-11-16)18-17(20)12-7-13-19-18;;/h1-12,18H,13H2;1-11,13-15H;1-8,10-14H;1-10,12-14H;;/q;3*-2;;. The normalized spacial score (nSPS) is 14.2. The third-order valence-electron chi connectivity index (χ3n) is 15.1. The maximum atomic E-state index is 4.66. The second-order valence-electron chi connectivity index (χ2n) is 20.2. The van der Waals surface area contributed by atoms with Crippen molar-refractivity contribution < 1.29 is 40.2 Å². The molecule has 0 aliphatic carbocycles. The molecule has 13 heteroatoms. The third-order valence-corrected chi connectivity index (χ3v) is 15.1. The predicted octanol–water partition coefficient (Wildman–Crippen LogP) is 17.7. The molecule has 0 spiro atoms. The molecule has 0 amide bonds. The van der Waals surface area contributed by atoms with Crippen LogP contribution in [-0.2, 0) is 46.6 Å². The van der Waals surface area contributed by atoms with Crippen LogP contribution in [0.1, 0.15) is 5.56 Å². The van der Waals surface area contributed by atoms with Gasteiger partial charge < -0.3 is 39.2 Å². The molecule has 5 aliphatic rings. The van der Waals surface area contributed by atoms with E-state index in [4.69, 9.17) is 0 Å². The largest absolute Gasteiger partial charge is 0.493 e. The van der Waals surface area contributed by atoms with Crippen LogP contribution in [0.4, 0.5) is 91.4 Å². The number of hydrogen-bond donors (Lipinski definition) is 0. The van der Waals surface area contributed by atoms with Gasteiger partial charge in [0.15, 0.2) is 5.82 Å². The van der Waals surface area contributed by atoms with Crippen molar-refractivity contribution in [2.45, 2.75) is 12.6 Å². The van der Waals surface area contributed by atoms with E-state index in [9.17, 15) is 0 Å². The number of para-hydroxylation sites is 10. The fraction of sp³-hybridized carbons (Fsp3) is 0.0270. The molecule has 0 saturated carbocycles. The van der Waals surface area contributed by atoms with Crippen LogP contribution in [0.3, 0.4) is 0 Å². The van der Waals surface area contributed by atoms with E-state index in [1.54, 1.807) is 0 Å². The number of aromatic nitrogens is 3. The Morgan fingerprint density at radius 2 is 0.644 bits per heavy atom. The van der Waals surface area contributed by atoms with E-state index in [0.29, 0.717) is 0 Å². The number of pyridine rings is 3. The summed E-state index contributed by atoms with van der Waals surface area (Å²) in [5.41, 5.74) is 16.0. The zero-order valence-electron chi connectivity index (χ0n) is 46.9. The summed E-state index contributed by atoms with van der Waals surface area (Å²) in [6.07, 6.45) is 6.81. The Kier molecular flexibility index (Phi) is 17.6. The fourth-order valence-electron chi connectivity index (χ4n) is 11.3. The summed E-state index contributed by atoms with van der Waals surface area (Å²) in [6, 6.07) is 104. The Hall–Kier alpha value is -9.87. The van der Waals surface area contributed by atoms with E-state index < -0.39 is 0 Å². The van der Waals surface area contributed by atoms with Crippen molar-refractivity contribution in [3.05, 3.63) is 341 Å². The Morgan fingerprint density at radius 1 is 0.287 bits per heavy atom. The van der Waals surface area contributed by atoms with Gasteiger partial charge in [-0.05, 0) is 109 Å². The van der Waals surface area contributed by atoms with Crippen LogP contribution in [0.15, 0.2) is 298 Å². The first-order valence-electron chi connectivity index (χ1n) is 28.2. The third kappa shape index (κ3) is 11.7. The average Bonchev–Trinajstić information content (AvgIpc) is 1.89. The SMILES string of the molecule is [Ir].[Ir].[c-]1ccccc1N1[CH-]N(c2ccccc2)c2ccccc21.[c-]1ccccc1N1[CH-]N(c2ccccc2)c2cccnc21.[c-]1ccccc1N1[CH-]N(c2ccccc2)c2ncccc21.c1ccc(N2c3cccnc3N3c4ccccc4CC23)cc1. The van der Waals surface area contributed by atoms with Gasteiger partial charge in [-0.25, -0.2) is 15.0 Å². The first kappa shape index (κ1) is 57.6. The zero-order valence-corrected chi connectivity index (χ0v) is 51.7. The molecule has 0 saturated heterocycles. The molecule has 430 valence electrons. The molecule has 87 heavy (non-hydrogen) atoms. The maximum absolute atomic E-state index is 4.66. The monoisotopic (exact) mass is 1480 g/mol. The molecule has 8 heterocycles. The fourth-order valence-corrected chi connectivity index (χ4v) is 11.3. The second kappa shape index (κ2) is 26.6. The van der Waals surface area contributed by atoms with Gasteiger partial charge in [0.25, 0.3) is 0 Å². The molecule has 3 aromatic heterocycles. The van der Waals surface area contributed by atoms with Gasteiger partial charge in [0, 0.05) is 105 Å². The van der Waals surface area contributed by atoms with Crippen molar-refractivity contribution >= 4 is 91.4 Å². The van der Waals surface area contributed by atoms with Crippen LogP contribution >= 0.6 is 0 Å². The summed E-state index contributed by atoms with van der Waals surface area (Å²) in [5, 5.41) is 0. The van der Waals surface area contributed by atoms with Gasteiger partial charge in [-0.2, -0.15) is 91.0 Å². The molecular formula is C74H55Ir2N11-6. The summed E-state index contributed by atoms with van der Waals surface area (Å²) >= 11 is 0. The Labute approximate surface area is 536 Å². The molecule has 5 aliphatic heterocycles. The van der Waals surface area contributed by atoms with E-state index >= 15 is 0 Å². The number of hydrogen-bond acceptors (Lipinski definition) is 11. The zero-order chi connectivity index (χ0) is 56.7. The minimum atomic E-state index is 0. The number of nitrogens with zero attached hydrogens (tertiary/aromatic N) is 11. The molecule has 11 nitrogen and oxygen atoms in total. The van der Waals surface area contributed by atoms with E-state index in [2.05, 4.69) is 244 Å². The number of fused-ring (bicyclic) bond motifs is 8. The van der Waals surface area contributed by atoms with Crippen LogP contribution in [0, 0.1) is 38.2 Å². The Morgan fingerprint density at radius 3 is 1.17 bits per heavy atom. The van der Waals surface area contributed by atoms with Crippen molar-refractivity contribution in [3.63, 3.8) is 0 Å². The summed E-state index contributed by atoms with van der Waals surface area (Å²) < 4.78 is 0. The molecule has 0 bridgehead atoms. The first-order valence-corrected chi connectivity index (χ1v) is 28.2. The first-order chi connectivity index (χ1) is 42.2. The van der Waals surface area contributed by atoms with Crippen molar-refractivity contribution in [2.75, 3.05) is 39.2 Å². The minimum Gasteiger partial charge on any atom is -0.493 e. The van der Waals surface area contributed by atoms with Gasteiger partial charge in [0.05, 0.1) is 17.1 Å². The van der Waals surface area contributed by atoms with Crippen molar-refractivity contribution in [3.8, 4) is 0 Å². The Bertz CT molecular complexity index is 3640. The molecule has 2 radical (unpaired) electrons. The molecule has 9 aromatic carbocycles. The number of benzene rings is 9. The molecule has 1 unspecified atom stereocenters. The molecular weight excluding hydrogens is 1430 g/mol. The van der Waals surface area contributed by atoms with E-state index in [1.807, 2.05) is 146 Å². The van der Waals surface area contributed by atoms with Gasteiger partial charge in [0.1, 0.15) is 17.8 Å². The van der Waals surface area contributed by atoms with Crippen molar-refractivity contribution in [1.29, 1.82) is 0 Å². The van der Waals surface area contributed by atoms with Crippen molar-refractivity contribution in [1.82, 2.24) is 15.0 Å². The van der Waals surface area contributed by atoms with Gasteiger partial charge in [-0.1, -0.05) is 103 Å². The number of anilines is 16. The molecule has 17 rings (SSSR count). The van der Waals surface area contributed by atoms with Crippen LogP contribution in [0.5, 0.6) is 0 Å². The molecule has 1 atom stereocenters. The predicted molar refractivity (Wildman–Crippen MR) is 345 cm³/mol. The smallest absolute Gasteiger partial charge is 0.158 e. The van der Waals surface area contributed by atoms with Crippen LogP contribution < -0.4 is 39.2 Å². The summed E-state index contributed by atoms with van der Waals surface area (Å²) in [7, 11) is 0. The van der Waals surface area contributed by atoms with Gasteiger partial charge in [-0.15, -0.1) is 37.1 Å². The van der Waals surface area contributed by atoms with Crippen molar-refractivity contribution in [2.24, 2.45) is 0 Å². The second-order valence-corrected chi connectivity index (χ2v) is 20.2. The van der Waals surface area contributed by atoms with Gasteiger partial charge >= 0.3 is 0 Å². The maximum Gasteiger partial charge on any atom is 0.158 e.